The summed E-state index contributed by atoms with van der Waals surface area (Å²) >= 11 is 0.854. The summed E-state index contributed by atoms with van der Waals surface area (Å²) in [5, 5.41) is 12.1. The number of aryl methyl sites for hydroxylation is 2. The Morgan fingerprint density at radius 1 is 0.456 bits per heavy atom. The highest BCUT2D eigenvalue weighted by Crippen LogP contribution is 2.56. The zero-order chi connectivity index (χ0) is 64.2. The van der Waals surface area contributed by atoms with E-state index in [9.17, 15) is 22.8 Å². The Bertz CT molecular complexity index is 4060. The first-order valence-electron chi connectivity index (χ1n) is 27.5. The Hall–Kier alpha value is -9.29. The molecular weight excluding hydrogens is 1220 g/mol. The van der Waals surface area contributed by atoms with Crippen molar-refractivity contribution in [1.29, 1.82) is 0 Å². The SMILES string of the molecule is Cc1ccc(C(=O)c2ccc(Oc3ccc(C(c4ccc(Oc5ccc(C(=O)c6ccc(-c7ccc(C)c(C(=O)c8cc(Oc9ccc(OCCCS(=O)(=O)O)cc9)ccc8OCCCSOOO)c7)cc6)cc5)cc4)(C(F)(F)F)C(F)(F)F)cc3)cc2)cc1. The largest absolute Gasteiger partial charge is 0.494 e. The fourth-order valence-corrected chi connectivity index (χ4v) is 10.4. The second-order valence-electron chi connectivity index (χ2n) is 20.4. The average molecular weight is 1270 g/mol. The second-order valence-corrected chi connectivity index (χ2v) is 22.7. The highest BCUT2D eigenvalue weighted by molar-refractivity contribution is 7.94. The van der Waals surface area contributed by atoms with E-state index in [1.54, 1.807) is 110 Å². The molecule has 2 N–H and O–H groups in total. The van der Waals surface area contributed by atoms with E-state index in [4.69, 9.17) is 33.5 Å². The van der Waals surface area contributed by atoms with Gasteiger partial charge in [0.1, 0.15) is 46.0 Å². The Balaban J connectivity index is 0.855. The quantitative estimate of drug-likeness (QED) is 0.00939. The van der Waals surface area contributed by atoms with Crippen molar-refractivity contribution < 1.29 is 92.0 Å². The predicted molar refractivity (Wildman–Crippen MR) is 324 cm³/mol. The van der Waals surface area contributed by atoms with Gasteiger partial charge in [-0.3, -0.25) is 18.9 Å². The molecule has 0 aromatic heterocycles. The molecule has 90 heavy (non-hydrogen) atoms. The maximum atomic E-state index is 15.1. The molecule has 0 spiro atoms. The topological polar surface area (TPSA) is 190 Å². The summed E-state index contributed by atoms with van der Waals surface area (Å²) in [6, 6.07) is 48.7. The molecule has 0 saturated heterocycles. The maximum absolute atomic E-state index is 15.1. The molecule has 0 fully saturated rings. The van der Waals surface area contributed by atoms with Gasteiger partial charge in [0.25, 0.3) is 10.1 Å². The van der Waals surface area contributed by atoms with E-state index in [2.05, 4.69) is 9.37 Å². The highest BCUT2D eigenvalue weighted by atomic mass is 32.2. The number of benzene rings is 9. The number of carbonyl (C=O) groups is 3. The van der Waals surface area contributed by atoms with Crippen molar-refractivity contribution in [1.82, 2.24) is 0 Å². The van der Waals surface area contributed by atoms with Crippen LogP contribution in [0.15, 0.2) is 206 Å². The number of ketones is 3. The third kappa shape index (κ3) is 15.9. The van der Waals surface area contributed by atoms with Crippen LogP contribution in [0.4, 0.5) is 26.3 Å². The van der Waals surface area contributed by atoms with Crippen LogP contribution < -0.4 is 23.7 Å². The van der Waals surface area contributed by atoms with Crippen molar-refractivity contribution in [3.8, 4) is 57.1 Å². The van der Waals surface area contributed by atoms with Crippen molar-refractivity contribution >= 4 is 39.5 Å². The standard InChI is InChI=1S/C68H54F6O14S2/c1-43-5-8-46(9-6-43)63(75)48-15-23-54(24-16-48)84-56-27-19-51(20-28-56)66(67(69,70)71,68(72,73)74)52-21-29-57(30-22-52)85-55-25-17-49(18-26-55)64(76)47-13-11-45(12-14-47)50-10-7-44(2)60(41-50)65(77)61-42-59(35-36-62(61)83-37-3-39-89-88-87-78)86-58-33-31-53(32-34-58)82-38-4-40-90(79,80)81/h5-36,41-42,78H,3-4,37-40H2,1-2H3,(H,79,80,81). The molecule has 0 saturated carbocycles. The van der Waals surface area contributed by atoms with E-state index in [-0.39, 0.29) is 71.1 Å². The van der Waals surface area contributed by atoms with Crippen molar-refractivity contribution in [2.75, 3.05) is 24.7 Å². The molecule has 0 aliphatic carbocycles. The Morgan fingerprint density at radius 3 is 1.34 bits per heavy atom. The summed E-state index contributed by atoms with van der Waals surface area (Å²) < 4.78 is 155. The first-order chi connectivity index (χ1) is 43.0. The summed E-state index contributed by atoms with van der Waals surface area (Å²) in [5.74, 6) is 0.477. The lowest BCUT2D eigenvalue weighted by Gasteiger charge is -2.38. The number of hydrogen-bond donors (Lipinski definition) is 2. The maximum Gasteiger partial charge on any atom is 0.411 e. The lowest BCUT2D eigenvalue weighted by atomic mass is 9.73. The number of rotatable bonds is 27. The summed E-state index contributed by atoms with van der Waals surface area (Å²) in [5.41, 5.74) is -1.90. The van der Waals surface area contributed by atoms with Crippen LogP contribution >= 0.6 is 12.0 Å². The van der Waals surface area contributed by atoms with Gasteiger partial charge in [0.2, 0.25) is 5.41 Å². The van der Waals surface area contributed by atoms with Crippen molar-refractivity contribution in [2.45, 2.75) is 44.5 Å². The predicted octanol–water partition coefficient (Wildman–Crippen LogP) is 16.9. The molecule has 0 aliphatic rings. The minimum atomic E-state index is -5.87. The van der Waals surface area contributed by atoms with Gasteiger partial charge in [-0.2, -0.15) is 34.8 Å². The van der Waals surface area contributed by atoms with E-state index in [0.717, 1.165) is 41.9 Å². The third-order valence-corrected chi connectivity index (χ3v) is 15.6. The fraction of sp³-hybridized carbons (Fsp3) is 0.162. The Morgan fingerprint density at radius 2 is 0.867 bits per heavy atom. The number of halogens is 6. The highest BCUT2D eigenvalue weighted by Gasteiger charge is 2.72. The van der Waals surface area contributed by atoms with Crippen molar-refractivity contribution in [3.63, 3.8) is 0 Å². The zero-order valence-electron chi connectivity index (χ0n) is 47.8. The first kappa shape index (κ1) is 65.2. The monoisotopic (exact) mass is 1270 g/mol. The average Bonchev–Trinajstić information content (AvgIpc) is 0.978. The molecule has 9 aromatic rings. The molecule has 14 nitrogen and oxygen atoms in total. The van der Waals surface area contributed by atoms with Gasteiger partial charge in [0, 0.05) is 45.6 Å². The molecule has 22 heteroatoms. The number of carbonyl (C=O) groups excluding carboxylic acids is 3. The minimum Gasteiger partial charge on any atom is -0.494 e. The molecular formula is C68H54F6O14S2. The third-order valence-electron chi connectivity index (χ3n) is 14.2. The van der Waals surface area contributed by atoms with Gasteiger partial charge in [0.15, 0.2) is 17.3 Å². The van der Waals surface area contributed by atoms with Gasteiger partial charge >= 0.3 is 12.4 Å². The Kier molecular flexibility index (Phi) is 20.6. The molecule has 0 aliphatic heterocycles. The summed E-state index contributed by atoms with van der Waals surface area (Å²) in [6.45, 7) is 3.87. The summed E-state index contributed by atoms with van der Waals surface area (Å²) in [7, 11) is -4.12. The lowest BCUT2D eigenvalue weighted by molar-refractivity contribution is -0.432. The van der Waals surface area contributed by atoms with Crippen molar-refractivity contribution in [2.24, 2.45) is 0 Å². The molecule has 0 bridgehead atoms. The summed E-state index contributed by atoms with van der Waals surface area (Å²) in [6.07, 6.45) is -11.2. The van der Waals surface area contributed by atoms with Crippen molar-refractivity contribution in [3.05, 3.63) is 262 Å². The smallest absolute Gasteiger partial charge is 0.411 e. The van der Waals surface area contributed by atoms with Crippen LogP contribution in [0, 0.1) is 13.8 Å². The van der Waals surface area contributed by atoms with Crippen LogP contribution in [0.5, 0.6) is 46.0 Å². The van der Waals surface area contributed by atoms with E-state index < -0.39 is 50.5 Å². The molecule has 0 radical (unpaired) electrons. The number of alkyl halides is 6. The lowest BCUT2D eigenvalue weighted by Crippen LogP contribution is -2.54. The van der Waals surface area contributed by atoms with Gasteiger partial charge in [-0.25, -0.2) is 5.26 Å². The fourth-order valence-electron chi connectivity index (χ4n) is 9.60. The van der Waals surface area contributed by atoms with Crippen LogP contribution in [0.2, 0.25) is 0 Å². The Labute approximate surface area is 517 Å². The number of ether oxygens (including phenoxy) is 5. The van der Waals surface area contributed by atoms with Crippen LogP contribution in [0.25, 0.3) is 11.1 Å². The number of hydrogen-bond acceptors (Lipinski definition) is 14. The van der Waals surface area contributed by atoms with E-state index >= 15 is 26.3 Å². The van der Waals surface area contributed by atoms with Gasteiger partial charge < -0.3 is 23.7 Å². The van der Waals surface area contributed by atoms with E-state index in [0.29, 0.717) is 92.6 Å². The molecule has 464 valence electrons. The van der Waals surface area contributed by atoms with Gasteiger partial charge in [-0.05, 0) is 176 Å². The van der Waals surface area contributed by atoms with E-state index in [1.807, 2.05) is 13.0 Å². The van der Waals surface area contributed by atoms with Gasteiger partial charge in [-0.15, -0.1) is 4.33 Å². The minimum absolute atomic E-state index is 0.0480. The van der Waals surface area contributed by atoms with Crippen LogP contribution in [0.3, 0.4) is 0 Å². The molecule has 0 heterocycles. The van der Waals surface area contributed by atoms with Gasteiger partial charge in [0.05, 0.1) is 24.5 Å². The van der Waals surface area contributed by atoms with Crippen LogP contribution in [0.1, 0.15) is 82.9 Å². The molecule has 0 amide bonds. The first-order valence-corrected chi connectivity index (χ1v) is 30.1. The normalized spacial score (nSPS) is 11.8. The molecule has 0 atom stereocenters. The van der Waals surface area contributed by atoms with Gasteiger partial charge in [-0.1, -0.05) is 95.5 Å². The molecule has 9 rings (SSSR count). The van der Waals surface area contributed by atoms with E-state index in [1.165, 1.54) is 48.5 Å². The molecule has 0 unspecified atom stereocenters. The molecule has 9 aromatic carbocycles. The zero-order valence-corrected chi connectivity index (χ0v) is 49.4. The summed E-state index contributed by atoms with van der Waals surface area (Å²) in [4.78, 5) is 41.2. The second kappa shape index (κ2) is 28.5. The van der Waals surface area contributed by atoms with Crippen LogP contribution in [-0.2, 0) is 24.9 Å². The van der Waals surface area contributed by atoms with Crippen LogP contribution in [-0.4, -0.2) is 72.6 Å².